The summed E-state index contributed by atoms with van der Waals surface area (Å²) < 4.78 is 5.36. The summed E-state index contributed by atoms with van der Waals surface area (Å²) in [6.07, 6.45) is 0. The summed E-state index contributed by atoms with van der Waals surface area (Å²) >= 11 is 13.8. The second-order valence-corrected chi connectivity index (χ2v) is 7.30. The van der Waals surface area contributed by atoms with Gasteiger partial charge in [-0.05, 0) is 24.7 Å². The Bertz CT molecular complexity index is 667. The fraction of sp³-hybridized carbons (Fsp3) is 0.467. The van der Waals surface area contributed by atoms with E-state index < -0.39 is 0 Å². The third-order valence-corrected chi connectivity index (χ3v) is 5.34. The second-order valence-electron chi connectivity index (χ2n) is 5.48. The van der Waals surface area contributed by atoms with Crippen LogP contribution in [0.5, 0.6) is 0 Å². The van der Waals surface area contributed by atoms with E-state index in [1.165, 1.54) is 0 Å². The average Bonchev–Trinajstić information content (AvgIpc) is 2.98. The van der Waals surface area contributed by atoms with Crippen molar-refractivity contribution in [2.24, 2.45) is 0 Å². The lowest BCUT2D eigenvalue weighted by molar-refractivity contribution is 0.190. The number of nitrogens with one attached hydrogen (secondary N) is 1. The molecule has 1 atom stereocenters. The fourth-order valence-corrected chi connectivity index (χ4v) is 3.86. The standard InChI is InChI=1S/C15H18Cl2N4OS/c1-21-5-4-18-7-13(21)15-19-14(22-20-15)9-23-8-10-2-3-11(16)6-12(10)17/h2-3,6,13,18H,4-5,7-9H2,1H3. The lowest BCUT2D eigenvalue weighted by Crippen LogP contribution is -2.44. The largest absolute Gasteiger partial charge is 0.338 e. The summed E-state index contributed by atoms with van der Waals surface area (Å²) in [5.41, 5.74) is 1.05. The Morgan fingerprint density at radius 1 is 1.39 bits per heavy atom. The molecule has 1 saturated heterocycles. The van der Waals surface area contributed by atoms with E-state index in [0.717, 1.165) is 36.8 Å². The molecule has 5 nitrogen and oxygen atoms in total. The van der Waals surface area contributed by atoms with Crippen LogP contribution < -0.4 is 5.32 Å². The van der Waals surface area contributed by atoms with Crippen LogP contribution in [0.15, 0.2) is 22.7 Å². The topological polar surface area (TPSA) is 54.2 Å². The van der Waals surface area contributed by atoms with E-state index in [2.05, 4.69) is 27.4 Å². The number of halogens is 2. The maximum atomic E-state index is 6.17. The van der Waals surface area contributed by atoms with Crippen LogP contribution in [0.1, 0.15) is 23.3 Å². The molecule has 1 aliphatic rings. The van der Waals surface area contributed by atoms with Gasteiger partial charge in [0, 0.05) is 35.4 Å². The van der Waals surface area contributed by atoms with Crippen molar-refractivity contribution in [3.8, 4) is 0 Å². The van der Waals surface area contributed by atoms with E-state index in [1.54, 1.807) is 17.8 Å². The molecule has 2 aromatic rings. The van der Waals surface area contributed by atoms with Crippen molar-refractivity contribution < 1.29 is 4.52 Å². The first-order chi connectivity index (χ1) is 11.1. The first-order valence-corrected chi connectivity index (χ1v) is 9.29. The number of rotatable bonds is 5. The van der Waals surface area contributed by atoms with Crippen LogP contribution in [0.4, 0.5) is 0 Å². The van der Waals surface area contributed by atoms with Crippen LogP contribution in [0.3, 0.4) is 0 Å². The molecule has 0 spiro atoms. The lowest BCUT2D eigenvalue weighted by Gasteiger charge is -2.30. The van der Waals surface area contributed by atoms with Gasteiger partial charge in [0.25, 0.3) is 0 Å². The van der Waals surface area contributed by atoms with Gasteiger partial charge in [0.15, 0.2) is 5.82 Å². The highest BCUT2D eigenvalue weighted by atomic mass is 35.5. The fourth-order valence-electron chi connectivity index (χ4n) is 2.44. The first-order valence-electron chi connectivity index (χ1n) is 7.38. The summed E-state index contributed by atoms with van der Waals surface area (Å²) in [4.78, 5) is 6.76. The minimum absolute atomic E-state index is 0.178. The van der Waals surface area contributed by atoms with Crippen LogP contribution in [0, 0.1) is 0 Å². The van der Waals surface area contributed by atoms with Gasteiger partial charge in [-0.3, -0.25) is 4.90 Å². The molecule has 1 N–H and O–H groups in total. The predicted molar refractivity (Wildman–Crippen MR) is 94.0 cm³/mol. The van der Waals surface area contributed by atoms with E-state index in [9.17, 15) is 0 Å². The molecule has 0 aliphatic carbocycles. The van der Waals surface area contributed by atoms with Crippen LogP contribution in [0.2, 0.25) is 10.0 Å². The zero-order valence-corrected chi connectivity index (χ0v) is 15.1. The van der Waals surface area contributed by atoms with Crippen molar-refractivity contribution in [2.75, 3.05) is 26.7 Å². The first kappa shape index (κ1) is 17.0. The van der Waals surface area contributed by atoms with Crippen LogP contribution in [-0.4, -0.2) is 41.7 Å². The number of hydrogen-bond donors (Lipinski definition) is 1. The van der Waals surface area contributed by atoms with Gasteiger partial charge in [-0.25, -0.2) is 0 Å². The van der Waals surface area contributed by atoms with Crippen molar-refractivity contribution >= 4 is 35.0 Å². The molecule has 0 bridgehead atoms. The van der Waals surface area contributed by atoms with Crippen LogP contribution in [0.25, 0.3) is 0 Å². The summed E-state index contributed by atoms with van der Waals surface area (Å²) in [6.45, 7) is 2.83. The normalized spacial score (nSPS) is 19.2. The molecule has 1 aromatic heterocycles. The molecule has 3 rings (SSSR count). The number of likely N-dealkylation sites (N-methyl/N-ethyl adjacent to an activating group) is 1. The van der Waals surface area contributed by atoms with Crippen molar-refractivity contribution in [3.05, 3.63) is 45.5 Å². The Morgan fingerprint density at radius 2 is 2.26 bits per heavy atom. The summed E-state index contributed by atoms with van der Waals surface area (Å²) in [7, 11) is 2.08. The molecule has 1 aromatic carbocycles. The average molecular weight is 373 g/mol. The van der Waals surface area contributed by atoms with Gasteiger partial charge in [-0.2, -0.15) is 4.98 Å². The molecule has 2 heterocycles. The molecular weight excluding hydrogens is 355 g/mol. The highest BCUT2D eigenvalue weighted by Crippen LogP contribution is 2.26. The molecule has 1 fully saturated rings. The van der Waals surface area contributed by atoms with Crippen LogP contribution in [-0.2, 0) is 11.5 Å². The quantitative estimate of drug-likeness (QED) is 0.867. The summed E-state index contributed by atoms with van der Waals surface area (Å²) in [5, 5.41) is 8.81. The van der Waals surface area contributed by atoms with E-state index in [-0.39, 0.29) is 6.04 Å². The van der Waals surface area contributed by atoms with Crippen LogP contribution >= 0.6 is 35.0 Å². The third-order valence-electron chi connectivity index (χ3n) is 3.79. The molecule has 1 unspecified atom stereocenters. The highest BCUT2D eigenvalue weighted by molar-refractivity contribution is 7.97. The Balaban J connectivity index is 1.55. The molecule has 0 saturated carbocycles. The Hall–Kier alpha value is -0.790. The Labute approximate surface area is 149 Å². The monoisotopic (exact) mass is 372 g/mol. The van der Waals surface area contributed by atoms with Gasteiger partial charge in [-0.1, -0.05) is 34.4 Å². The summed E-state index contributed by atoms with van der Waals surface area (Å²) in [5.74, 6) is 2.84. The van der Waals surface area contributed by atoms with Gasteiger partial charge in [0.1, 0.15) is 0 Å². The van der Waals surface area contributed by atoms with Gasteiger partial charge in [0.2, 0.25) is 5.89 Å². The second kappa shape index (κ2) is 7.85. The zero-order chi connectivity index (χ0) is 16.2. The number of thioether (sulfide) groups is 1. The summed E-state index contributed by atoms with van der Waals surface area (Å²) in [6, 6.07) is 5.73. The highest BCUT2D eigenvalue weighted by Gasteiger charge is 2.25. The number of benzene rings is 1. The molecular formula is C15H18Cl2N4OS. The third kappa shape index (κ3) is 4.39. The SMILES string of the molecule is CN1CCNCC1c1noc(CSCc2ccc(Cl)cc2Cl)n1. The number of nitrogens with zero attached hydrogens (tertiary/aromatic N) is 3. The van der Waals surface area contributed by atoms with E-state index in [1.807, 2.05) is 12.1 Å². The molecule has 23 heavy (non-hydrogen) atoms. The van der Waals surface area contributed by atoms with E-state index in [0.29, 0.717) is 21.7 Å². The van der Waals surface area contributed by atoms with E-state index in [4.69, 9.17) is 27.7 Å². The maximum Gasteiger partial charge on any atom is 0.236 e. The number of piperazine rings is 1. The molecule has 0 radical (unpaired) electrons. The predicted octanol–water partition coefficient (Wildman–Crippen LogP) is 3.39. The zero-order valence-electron chi connectivity index (χ0n) is 12.8. The molecule has 124 valence electrons. The minimum Gasteiger partial charge on any atom is -0.338 e. The smallest absolute Gasteiger partial charge is 0.236 e. The van der Waals surface area contributed by atoms with Gasteiger partial charge in [0.05, 0.1) is 11.8 Å². The van der Waals surface area contributed by atoms with Gasteiger partial charge >= 0.3 is 0 Å². The molecule has 1 aliphatic heterocycles. The van der Waals surface area contributed by atoms with Gasteiger partial charge in [-0.15, -0.1) is 11.8 Å². The maximum absolute atomic E-state index is 6.17. The number of aromatic nitrogens is 2. The molecule has 0 amide bonds. The van der Waals surface area contributed by atoms with Crippen molar-refractivity contribution in [3.63, 3.8) is 0 Å². The number of hydrogen-bond acceptors (Lipinski definition) is 6. The minimum atomic E-state index is 0.178. The van der Waals surface area contributed by atoms with E-state index >= 15 is 0 Å². The van der Waals surface area contributed by atoms with Crippen molar-refractivity contribution in [1.29, 1.82) is 0 Å². The Kier molecular flexibility index (Phi) is 5.82. The molecule has 8 heteroatoms. The van der Waals surface area contributed by atoms with Gasteiger partial charge < -0.3 is 9.84 Å². The lowest BCUT2D eigenvalue weighted by atomic mass is 10.2. The van der Waals surface area contributed by atoms with Crippen molar-refractivity contribution in [2.45, 2.75) is 17.5 Å². The van der Waals surface area contributed by atoms with Crippen molar-refractivity contribution in [1.82, 2.24) is 20.4 Å². The Morgan fingerprint density at radius 3 is 3.04 bits per heavy atom.